The van der Waals surface area contributed by atoms with E-state index in [-0.39, 0.29) is 6.10 Å². The zero-order valence-electron chi connectivity index (χ0n) is 11.1. The Bertz CT molecular complexity index is 396. The summed E-state index contributed by atoms with van der Waals surface area (Å²) in [6, 6.07) is 5.44. The third-order valence-electron chi connectivity index (χ3n) is 3.70. The van der Waals surface area contributed by atoms with E-state index < -0.39 is 0 Å². The van der Waals surface area contributed by atoms with Crippen LogP contribution in [-0.2, 0) is 11.2 Å². The number of aliphatic hydroxyl groups is 1. The molecule has 0 amide bonds. The highest BCUT2D eigenvalue weighted by atomic mass is 35.5. The smallest absolute Gasteiger partial charge is 0.0584 e. The maximum Gasteiger partial charge on any atom is 0.0584 e. The van der Waals surface area contributed by atoms with Gasteiger partial charge in [-0.1, -0.05) is 29.3 Å². The average molecular weight is 303 g/mol. The van der Waals surface area contributed by atoms with Crippen LogP contribution in [0.1, 0.15) is 31.7 Å². The van der Waals surface area contributed by atoms with Crippen molar-refractivity contribution in [1.29, 1.82) is 0 Å². The molecule has 0 aromatic heterocycles. The molecular weight excluding hydrogens is 283 g/mol. The van der Waals surface area contributed by atoms with Crippen molar-refractivity contribution in [2.24, 2.45) is 5.92 Å². The monoisotopic (exact) mass is 302 g/mol. The highest BCUT2D eigenvalue weighted by Gasteiger charge is 2.31. The summed E-state index contributed by atoms with van der Waals surface area (Å²) in [5.41, 5.74) is 0.846. The topological polar surface area (TPSA) is 29.5 Å². The van der Waals surface area contributed by atoms with Crippen LogP contribution in [0.3, 0.4) is 0 Å². The molecule has 0 heterocycles. The Labute approximate surface area is 124 Å². The highest BCUT2D eigenvalue weighted by Crippen LogP contribution is 2.35. The summed E-state index contributed by atoms with van der Waals surface area (Å²) in [5, 5.41) is 11.4. The fraction of sp³-hybridized carbons (Fsp3) is 0.600. The van der Waals surface area contributed by atoms with Gasteiger partial charge < -0.3 is 9.84 Å². The van der Waals surface area contributed by atoms with Gasteiger partial charge in [-0.2, -0.15) is 0 Å². The van der Waals surface area contributed by atoms with Gasteiger partial charge in [-0.25, -0.2) is 0 Å². The van der Waals surface area contributed by atoms with Gasteiger partial charge in [0.2, 0.25) is 0 Å². The van der Waals surface area contributed by atoms with Crippen molar-refractivity contribution in [3.63, 3.8) is 0 Å². The van der Waals surface area contributed by atoms with Gasteiger partial charge in [0, 0.05) is 23.1 Å². The molecule has 19 heavy (non-hydrogen) atoms. The van der Waals surface area contributed by atoms with E-state index in [2.05, 4.69) is 0 Å². The molecule has 1 aliphatic rings. The Balaban J connectivity index is 1.81. The summed E-state index contributed by atoms with van der Waals surface area (Å²) in [4.78, 5) is 0. The predicted molar refractivity (Wildman–Crippen MR) is 78.9 cm³/mol. The second-order valence-electron chi connectivity index (χ2n) is 5.21. The van der Waals surface area contributed by atoms with E-state index in [1.807, 2.05) is 25.1 Å². The Morgan fingerprint density at radius 1 is 1.32 bits per heavy atom. The van der Waals surface area contributed by atoms with Crippen LogP contribution in [0.4, 0.5) is 0 Å². The number of rotatable bonds is 6. The average Bonchev–Trinajstić information content (AvgIpc) is 2.31. The fourth-order valence-corrected chi connectivity index (χ4v) is 3.22. The lowest BCUT2D eigenvalue weighted by Gasteiger charge is -2.36. The van der Waals surface area contributed by atoms with Crippen molar-refractivity contribution in [2.75, 3.05) is 6.61 Å². The van der Waals surface area contributed by atoms with Crippen molar-refractivity contribution in [1.82, 2.24) is 0 Å². The molecule has 0 spiro atoms. The summed E-state index contributed by atoms with van der Waals surface area (Å²) >= 11 is 12.2. The van der Waals surface area contributed by atoms with Crippen LogP contribution in [0.25, 0.3) is 0 Å². The summed E-state index contributed by atoms with van der Waals surface area (Å²) in [6.45, 7) is 2.79. The molecule has 2 rings (SSSR count). The fourth-order valence-electron chi connectivity index (χ4n) is 2.67. The third-order valence-corrected chi connectivity index (χ3v) is 4.41. The van der Waals surface area contributed by atoms with Gasteiger partial charge in [0.05, 0.1) is 12.2 Å². The van der Waals surface area contributed by atoms with E-state index in [0.29, 0.717) is 28.5 Å². The maximum absolute atomic E-state index is 10.1. The van der Waals surface area contributed by atoms with Crippen LogP contribution in [0.5, 0.6) is 0 Å². The molecule has 0 bridgehead atoms. The molecule has 1 fully saturated rings. The number of hydrogen-bond acceptors (Lipinski definition) is 2. The Hall–Kier alpha value is -0.280. The Morgan fingerprint density at radius 2 is 1.95 bits per heavy atom. The van der Waals surface area contributed by atoms with Crippen molar-refractivity contribution in [2.45, 2.75) is 44.8 Å². The second-order valence-corrected chi connectivity index (χ2v) is 6.02. The number of halogens is 2. The Morgan fingerprint density at radius 3 is 2.53 bits per heavy atom. The minimum atomic E-state index is -0.384. The molecule has 106 valence electrons. The van der Waals surface area contributed by atoms with Crippen molar-refractivity contribution < 1.29 is 9.84 Å². The highest BCUT2D eigenvalue weighted by molar-refractivity contribution is 6.35. The van der Waals surface area contributed by atoms with Gasteiger partial charge in [-0.05, 0) is 49.8 Å². The van der Waals surface area contributed by atoms with Gasteiger partial charge >= 0.3 is 0 Å². The zero-order valence-corrected chi connectivity index (χ0v) is 12.6. The molecule has 1 aromatic carbocycles. The molecule has 4 heteroatoms. The minimum absolute atomic E-state index is 0.384. The lowest BCUT2D eigenvalue weighted by molar-refractivity contribution is -0.0375. The quantitative estimate of drug-likeness (QED) is 0.857. The first-order chi connectivity index (χ1) is 9.10. The van der Waals surface area contributed by atoms with Crippen LogP contribution in [0, 0.1) is 5.92 Å². The third kappa shape index (κ3) is 4.09. The van der Waals surface area contributed by atoms with E-state index >= 15 is 0 Å². The van der Waals surface area contributed by atoms with Gasteiger partial charge in [-0.15, -0.1) is 0 Å². The van der Waals surface area contributed by atoms with Crippen molar-refractivity contribution in [3.8, 4) is 0 Å². The second kappa shape index (κ2) is 6.94. The molecule has 0 aliphatic heterocycles. The molecule has 1 N–H and O–H groups in total. The largest absolute Gasteiger partial charge is 0.393 e. The van der Waals surface area contributed by atoms with Crippen LogP contribution in [0.15, 0.2) is 18.2 Å². The Kier molecular flexibility index (Phi) is 5.52. The predicted octanol–water partition coefficient (Wildman–Crippen LogP) is 4.10. The SMILES string of the molecule is CCOC1CC(CC(O)Cc2c(Cl)cccc2Cl)C1. The van der Waals surface area contributed by atoms with Gasteiger partial charge in [0.15, 0.2) is 0 Å². The molecule has 1 aliphatic carbocycles. The van der Waals surface area contributed by atoms with E-state index in [1.165, 1.54) is 0 Å². The van der Waals surface area contributed by atoms with Gasteiger partial charge in [0.25, 0.3) is 0 Å². The number of ether oxygens (including phenoxy) is 1. The summed E-state index contributed by atoms with van der Waals surface area (Å²) in [6.07, 6.45) is 3.44. The summed E-state index contributed by atoms with van der Waals surface area (Å²) in [7, 11) is 0. The van der Waals surface area contributed by atoms with Gasteiger partial charge in [-0.3, -0.25) is 0 Å². The first kappa shape index (κ1) is 15.1. The molecule has 0 radical (unpaired) electrons. The summed E-state index contributed by atoms with van der Waals surface area (Å²) in [5.74, 6) is 0.563. The first-order valence-electron chi connectivity index (χ1n) is 6.82. The molecular formula is C15H20Cl2O2. The molecule has 1 atom stereocenters. The van der Waals surface area contributed by atoms with Gasteiger partial charge in [0.1, 0.15) is 0 Å². The lowest BCUT2D eigenvalue weighted by Crippen LogP contribution is -2.34. The minimum Gasteiger partial charge on any atom is -0.393 e. The van der Waals surface area contributed by atoms with E-state index in [1.54, 1.807) is 0 Å². The number of aliphatic hydroxyl groups excluding tert-OH is 1. The standard InChI is InChI=1S/C15H20Cl2O2/c1-2-19-12-7-10(8-12)6-11(18)9-13-14(16)4-3-5-15(13)17/h3-5,10-12,18H,2,6-9H2,1H3. The van der Waals surface area contributed by atoms with Crippen LogP contribution in [0.2, 0.25) is 10.0 Å². The number of benzene rings is 1. The maximum atomic E-state index is 10.1. The van der Waals surface area contributed by atoms with Crippen LogP contribution >= 0.6 is 23.2 Å². The first-order valence-corrected chi connectivity index (χ1v) is 7.58. The molecule has 2 nitrogen and oxygen atoms in total. The van der Waals surface area contributed by atoms with E-state index in [9.17, 15) is 5.11 Å². The molecule has 0 saturated heterocycles. The summed E-state index contributed by atoms with van der Waals surface area (Å²) < 4.78 is 5.52. The molecule has 1 unspecified atom stereocenters. The van der Waals surface area contributed by atoms with Crippen LogP contribution in [-0.4, -0.2) is 23.9 Å². The zero-order chi connectivity index (χ0) is 13.8. The van der Waals surface area contributed by atoms with Crippen molar-refractivity contribution in [3.05, 3.63) is 33.8 Å². The normalized spacial score (nSPS) is 24.0. The molecule has 1 aromatic rings. The van der Waals surface area contributed by atoms with E-state index in [0.717, 1.165) is 31.4 Å². The van der Waals surface area contributed by atoms with E-state index in [4.69, 9.17) is 27.9 Å². The van der Waals surface area contributed by atoms with Crippen molar-refractivity contribution >= 4 is 23.2 Å². The lowest BCUT2D eigenvalue weighted by atomic mass is 9.78. The number of hydrogen-bond donors (Lipinski definition) is 1. The molecule has 1 saturated carbocycles. The van der Waals surface area contributed by atoms with Crippen LogP contribution < -0.4 is 0 Å².